The van der Waals surface area contributed by atoms with Crippen LogP contribution in [0.15, 0.2) is 18.2 Å². The van der Waals surface area contributed by atoms with Gasteiger partial charge in [0.05, 0.1) is 12.0 Å². The molecule has 1 aliphatic heterocycles. The number of nitrogens with one attached hydrogen (secondary N) is 1. The summed E-state index contributed by atoms with van der Waals surface area (Å²) in [5, 5.41) is 14.4. The van der Waals surface area contributed by atoms with Gasteiger partial charge in [-0.25, -0.2) is 0 Å². The van der Waals surface area contributed by atoms with Crippen LogP contribution in [0, 0.1) is 10.1 Å². The lowest BCUT2D eigenvalue weighted by Crippen LogP contribution is -2.40. The molecular weight excluding hydrogens is 258 g/mol. The Balaban J connectivity index is 2.08. The SMILES string of the molecule is COc1ccc(CN(C)C2CCNCC2)cc1[N+](=O)[O-]. The first kappa shape index (κ1) is 14.7. The Hall–Kier alpha value is -1.66. The maximum Gasteiger partial charge on any atom is 0.311 e. The van der Waals surface area contributed by atoms with Crippen LogP contribution in [0.4, 0.5) is 5.69 Å². The summed E-state index contributed by atoms with van der Waals surface area (Å²) in [4.78, 5) is 12.9. The zero-order valence-electron chi connectivity index (χ0n) is 12.0. The monoisotopic (exact) mass is 279 g/mol. The summed E-state index contributed by atoms with van der Waals surface area (Å²) < 4.78 is 5.02. The molecule has 0 aliphatic carbocycles. The summed E-state index contributed by atoms with van der Waals surface area (Å²) in [6.07, 6.45) is 2.24. The minimum atomic E-state index is -0.396. The van der Waals surface area contributed by atoms with E-state index < -0.39 is 4.92 Å². The molecular formula is C14H21N3O3. The second kappa shape index (κ2) is 6.67. The first-order valence-electron chi connectivity index (χ1n) is 6.84. The molecule has 1 fully saturated rings. The molecule has 0 saturated carbocycles. The summed E-state index contributed by atoms with van der Waals surface area (Å²) in [6, 6.07) is 5.71. The Morgan fingerprint density at radius 1 is 1.45 bits per heavy atom. The molecule has 0 spiro atoms. The summed E-state index contributed by atoms with van der Waals surface area (Å²) in [7, 11) is 3.52. The van der Waals surface area contributed by atoms with E-state index in [1.54, 1.807) is 12.1 Å². The summed E-state index contributed by atoms with van der Waals surface area (Å²) in [5.41, 5.74) is 0.974. The van der Waals surface area contributed by atoms with Crippen molar-refractivity contribution < 1.29 is 9.66 Å². The predicted molar refractivity (Wildman–Crippen MR) is 77.0 cm³/mol. The van der Waals surface area contributed by atoms with E-state index in [0.717, 1.165) is 38.0 Å². The van der Waals surface area contributed by atoms with Crippen molar-refractivity contribution in [3.63, 3.8) is 0 Å². The summed E-state index contributed by atoms with van der Waals surface area (Å²) in [5.74, 6) is 0.309. The molecule has 0 bridgehead atoms. The van der Waals surface area contributed by atoms with Crippen LogP contribution in [-0.2, 0) is 6.54 Å². The highest BCUT2D eigenvalue weighted by atomic mass is 16.6. The lowest BCUT2D eigenvalue weighted by molar-refractivity contribution is -0.385. The first-order valence-corrected chi connectivity index (χ1v) is 6.84. The molecule has 0 unspecified atom stereocenters. The maximum atomic E-state index is 11.0. The van der Waals surface area contributed by atoms with Crippen LogP contribution >= 0.6 is 0 Å². The molecule has 20 heavy (non-hydrogen) atoms. The Labute approximate surface area is 118 Å². The van der Waals surface area contributed by atoms with Gasteiger partial charge in [0.2, 0.25) is 0 Å². The first-order chi connectivity index (χ1) is 9.61. The molecule has 1 aliphatic rings. The normalized spacial score (nSPS) is 16.4. The van der Waals surface area contributed by atoms with Crippen LogP contribution in [0.3, 0.4) is 0 Å². The second-order valence-electron chi connectivity index (χ2n) is 5.16. The van der Waals surface area contributed by atoms with Crippen molar-refractivity contribution in [2.75, 3.05) is 27.2 Å². The van der Waals surface area contributed by atoms with Crippen molar-refractivity contribution in [2.45, 2.75) is 25.4 Å². The van der Waals surface area contributed by atoms with Crippen molar-refractivity contribution >= 4 is 5.69 Å². The highest BCUT2D eigenvalue weighted by Gasteiger charge is 2.20. The van der Waals surface area contributed by atoms with Crippen LogP contribution in [0.2, 0.25) is 0 Å². The highest BCUT2D eigenvalue weighted by molar-refractivity contribution is 5.48. The molecule has 110 valence electrons. The van der Waals surface area contributed by atoms with Gasteiger partial charge in [-0.3, -0.25) is 15.0 Å². The number of methoxy groups -OCH3 is 1. The van der Waals surface area contributed by atoms with Gasteiger partial charge in [-0.05, 0) is 44.6 Å². The van der Waals surface area contributed by atoms with Crippen LogP contribution in [0.25, 0.3) is 0 Å². The van der Waals surface area contributed by atoms with E-state index in [-0.39, 0.29) is 5.69 Å². The van der Waals surface area contributed by atoms with E-state index in [9.17, 15) is 10.1 Å². The van der Waals surface area contributed by atoms with Gasteiger partial charge in [-0.1, -0.05) is 6.07 Å². The van der Waals surface area contributed by atoms with Gasteiger partial charge >= 0.3 is 5.69 Å². The second-order valence-corrected chi connectivity index (χ2v) is 5.16. The number of hydrogen-bond acceptors (Lipinski definition) is 5. The van der Waals surface area contributed by atoms with E-state index in [1.807, 2.05) is 6.07 Å². The molecule has 0 radical (unpaired) electrons. The summed E-state index contributed by atoms with van der Waals surface area (Å²) in [6.45, 7) is 2.80. The largest absolute Gasteiger partial charge is 0.490 e. The van der Waals surface area contributed by atoms with Crippen molar-refractivity contribution in [3.8, 4) is 5.75 Å². The topological polar surface area (TPSA) is 67.6 Å². The van der Waals surface area contributed by atoms with Crippen LogP contribution in [0.1, 0.15) is 18.4 Å². The van der Waals surface area contributed by atoms with Gasteiger partial charge < -0.3 is 10.1 Å². The minimum absolute atomic E-state index is 0.0312. The Morgan fingerprint density at radius 3 is 2.75 bits per heavy atom. The standard InChI is InChI=1S/C14H21N3O3/c1-16(12-5-7-15-8-6-12)10-11-3-4-14(20-2)13(9-11)17(18)19/h3-4,9,12,15H,5-8,10H2,1-2H3. The number of ether oxygens (including phenoxy) is 1. The van der Waals surface area contributed by atoms with Gasteiger partial charge in [0.25, 0.3) is 0 Å². The van der Waals surface area contributed by atoms with Crippen LogP contribution in [0.5, 0.6) is 5.75 Å². The molecule has 1 saturated heterocycles. The number of rotatable bonds is 5. The maximum absolute atomic E-state index is 11.0. The fraction of sp³-hybridized carbons (Fsp3) is 0.571. The van der Waals surface area contributed by atoms with E-state index in [4.69, 9.17) is 4.74 Å². The molecule has 1 aromatic rings. The van der Waals surface area contributed by atoms with E-state index in [0.29, 0.717) is 11.8 Å². The number of nitrogens with zero attached hydrogens (tertiary/aromatic N) is 2. The molecule has 6 heteroatoms. The van der Waals surface area contributed by atoms with Crippen LogP contribution < -0.4 is 10.1 Å². The summed E-state index contributed by atoms with van der Waals surface area (Å²) >= 11 is 0. The lowest BCUT2D eigenvalue weighted by atomic mass is 10.0. The van der Waals surface area contributed by atoms with Crippen molar-refractivity contribution in [1.29, 1.82) is 0 Å². The zero-order valence-corrected chi connectivity index (χ0v) is 12.0. The van der Waals surface area contributed by atoms with Crippen molar-refractivity contribution in [2.24, 2.45) is 0 Å². The van der Waals surface area contributed by atoms with Gasteiger partial charge in [-0.2, -0.15) is 0 Å². The number of hydrogen-bond donors (Lipinski definition) is 1. The Kier molecular flexibility index (Phi) is 4.92. The third-order valence-electron chi connectivity index (χ3n) is 3.80. The Bertz CT molecular complexity index is 473. The predicted octanol–water partition coefficient (Wildman–Crippen LogP) is 1.79. The number of nitro benzene ring substituents is 1. The number of nitro groups is 1. The molecule has 1 heterocycles. The van der Waals surface area contributed by atoms with Gasteiger partial charge in [0.15, 0.2) is 5.75 Å². The minimum Gasteiger partial charge on any atom is -0.490 e. The van der Waals surface area contributed by atoms with Gasteiger partial charge in [-0.15, -0.1) is 0 Å². The molecule has 6 nitrogen and oxygen atoms in total. The lowest BCUT2D eigenvalue weighted by Gasteiger charge is -2.31. The fourth-order valence-corrected chi connectivity index (χ4v) is 2.64. The van der Waals surface area contributed by atoms with Gasteiger partial charge in [0.1, 0.15) is 0 Å². The Morgan fingerprint density at radius 2 is 2.15 bits per heavy atom. The van der Waals surface area contributed by atoms with E-state index >= 15 is 0 Å². The highest BCUT2D eigenvalue weighted by Crippen LogP contribution is 2.28. The average Bonchev–Trinajstić information content (AvgIpc) is 2.48. The fourth-order valence-electron chi connectivity index (χ4n) is 2.64. The van der Waals surface area contributed by atoms with E-state index in [1.165, 1.54) is 7.11 Å². The molecule has 0 amide bonds. The zero-order chi connectivity index (χ0) is 14.5. The van der Waals surface area contributed by atoms with Crippen molar-refractivity contribution in [3.05, 3.63) is 33.9 Å². The van der Waals surface area contributed by atoms with Crippen molar-refractivity contribution in [1.82, 2.24) is 10.2 Å². The average molecular weight is 279 g/mol. The number of piperidine rings is 1. The quantitative estimate of drug-likeness (QED) is 0.657. The third kappa shape index (κ3) is 3.46. The molecule has 0 atom stereocenters. The van der Waals surface area contributed by atoms with E-state index in [2.05, 4.69) is 17.3 Å². The molecule has 1 N–H and O–H groups in total. The smallest absolute Gasteiger partial charge is 0.311 e. The molecule has 2 rings (SSSR count). The third-order valence-corrected chi connectivity index (χ3v) is 3.80. The number of benzene rings is 1. The van der Waals surface area contributed by atoms with Crippen LogP contribution in [-0.4, -0.2) is 43.1 Å². The molecule has 0 aromatic heterocycles. The molecule has 1 aromatic carbocycles. The van der Waals surface area contributed by atoms with Gasteiger partial charge in [0, 0.05) is 18.7 Å².